The fourth-order valence-electron chi connectivity index (χ4n) is 9.27. The summed E-state index contributed by atoms with van der Waals surface area (Å²) < 4.78 is 22.2. The van der Waals surface area contributed by atoms with Gasteiger partial charge in [-0.15, -0.1) is 0 Å². The van der Waals surface area contributed by atoms with Crippen molar-refractivity contribution in [2.45, 2.75) is 320 Å². The molecule has 2 unspecified atom stereocenters. The third kappa shape index (κ3) is 41.9. The van der Waals surface area contributed by atoms with Crippen molar-refractivity contribution in [3.8, 4) is 0 Å². The highest BCUT2D eigenvalue weighted by Crippen LogP contribution is 2.23. The van der Waals surface area contributed by atoms with E-state index < -0.39 is 55.4 Å². The number of aliphatic hydroxyl groups excluding tert-OH is 4. The van der Waals surface area contributed by atoms with Gasteiger partial charge in [-0.3, -0.25) is 9.59 Å². The van der Waals surface area contributed by atoms with Crippen LogP contribution in [-0.4, -0.2) is 89.0 Å². The Labute approximate surface area is 436 Å². The van der Waals surface area contributed by atoms with E-state index in [2.05, 4.69) is 50.3 Å². The van der Waals surface area contributed by atoms with Crippen molar-refractivity contribution in [1.82, 2.24) is 0 Å². The molecule has 1 aliphatic rings. The summed E-state index contributed by atoms with van der Waals surface area (Å²) in [6, 6.07) is 0. The lowest BCUT2D eigenvalue weighted by molar-refractivity contribution is -0.305. The number of aliphatic hydroxyl groups is 4. The van der Waals surface area contributed by atoms with Crippen LogP contribution in [0.4, 0.5) is 0 Å². The van der Waals surface area contributed by atoms with Gasteiger partial charge >= 0.3 is 11.9 Å². The number of hydrogen-bond acceptors (Lipinski definition) is 10. The average Bonchev–Trinajstić information content (AvgIpc) is 3.37. The highest BCUT2D eigenvalue weighted by molar-refractivity contribution is 5.70. The maximum Gasteiger partial charge on any atom is 0.306 e. The summed E-state index contributed by atoms with van der Waals surface area (Å²) in [6.45, 7) is 3.42. The zero-order chi connectivity index (χ0) is 51.5. The number of carbonyl (C=O) groups is 2. The van der Waals surface area contributed by atoms with Gasteiger partial charge in [-0.2, -0.15) is 0 Å². The van der Waals surface area contributed by atoms with Gasteiger partial charge in [0.15, 0.2) is 12.4 Å². The minimum Gasteiger partial charge on any atom is -0.462 e. The topological polar surface area (TPSA) is 152 Å². The normalized spacial score (nSPS) is 18.9. The van der Waals surface area contributed by atoms with Crippen LogP contribution < -0.4 is 0 Å². The molecule has 1 heterocycles. The van der Waals surface area contributed by atoms with Crippen LogP contribution >= 0.6 is 0 Å². The van der Waals surface area contributed by atoms with E-state index in [9.17, 15) is 30.0 Å². The molecule has 0 aromatic carbocycles. The summed E-state index contributed by atoms with van der Waals surface area (Å²) in [7, 11) is 0. The van der Waals surface area contributed by atoms with Crippen molar-refractivity contribution >= 4 is 11.9 Å². The van der Waals surface area contributed by atoms with Gasteiger partial charge in [0.1, 0.15) is 31.0 Å². The molecule has 0 aromatic rings. The van der Waals surface area contributed by atoms with Crippen molar-refractivity contribution < 1.29 is 49.0 Å². The zero-order valence-electron chi connectivity index (χ0n) is 46.0. The smallest absolute Gasteiger partial charge is 0.306 e. The molecule has 10 heteroatoms. The van der Waals surface area contributed by atoms with E-state index >= 15 is 0 Å². The SMILES string of the molecule is CCCCCCCCCCCCCCCC/C=C/CC/C=C/CCCC(=O)OC[C@@H](CO[C@H]1O[C@@H](CO)[C@@H](O)C(O)C1O)OC(=O)CCC/C=C/CCCCCCCCCCCCCCCCCCCC. The molecule has 4 N–H and O–H groups in total. The Balaban J connectivity index is 2.22. The zero-order valence-corrected chi connectivity index (χ0v) is 46.0. The third-order valence-corrected chi connectivity index (χ3v) is 14.0. The van der Waals surface area contributed by atoms with Crippen LogP contribution in [0.1, 0.15) is 284 Å². The Morgan fingerprint density at radius 2 is 0.761 bits per heavy atom. The maximum atomic E-state index is 12.9. The van der Waals surface area contributed by atoms with Gasteiger partial charge in [-0.25, -0.2) is 0 Å². The molecule has 0 saturated carbocycles. The summed E-state index contributed by atoms with van der Waals surface area (Å²) in [6.07, 6.45) is 56.2. The van der Waals surface area contributed by atoms with Gasteiger partial charge in [-0.05, 0) is 64.2 Å². The van der Waals surface area contributed by atoms with E-state index in [4.69, 9.17) is 18.9 Å². The van der Waals surface area contributed by atoms with Gasteiger partial charge in [0.2, 0.25) is 0 Å². The molecule has 1 aliphatic heterocycles. The van der Waals surface area contributed by atoms with Gasteiger partial charge in [0.25, 0.3) is 0 Å². The first-order valence-electron chi connectivity index (χ1n) is 30.1. The molecule has 0 spiro atoms. The van der Waals surface area contributed by atoms with Crippen LogP contribution in [0.2, 0.25) is 0 Å². The molecule has 1 rings (SSSR count). The third-order valence-electron chi connectivity index (χ3n) is 14.0. The Kier molecular flexibility index (Phi) is 48.5. The second kappa shape index (κ2) is 51.4. The summed E-state index contributed by atoms with van der Waals surface area (Å²) in [5, 5.41) is 40.3. The summed E-state index contributed by atoms with van der Waals surface area (Å²) in [5.41, 5.74) is 0. The van der Waals surface area contributed by atoms with E-state index in [-0.39, 0.29) is 26.1 Å². The van der Waals surface area contributed by atoms with Gasteiger partial charge in [0, 0.05) is 12.8 Å². The molecule has 0 aromatic heterocycles. The summed E-state index contributed by atoms with van der Waals surface area (Å²) in [5.74, 6) is -0.881. The molecule has 6 atom stereocenters. The molecule has 0 amide bonds. The highest BCUT2D eigenvalue weighted by Gasteiger charge is 2.44. The Bertz CT molecular complexity index is 1250. The number of ether oxygens (including phenoxy) is 4. The van der Waals surface area contributed by atoms with Crippen LogP contribution in [0.3, 0.4) is 0 Å². The second-order valence-corrected chi connectivity index (χ2v) is 20.8. The first-order valence-corrected chi connectivity index (χ1v) is 30.1. The fourth-order valence-corrected chi connectivity index (χ4v) is 9.27. The van der Waals surface area contributed by atoms with Gasteiger partial charge in [-0.1, -0.05) is 243 Å². The lowest BCUT2D eigenvalue weighted by Gasteiger charge is -2.39. The van der Waals surface area contributed by atoms with E-state index in [0.717, 1.165) is 38.5 Å². The van der Waals surface area contributed by atoms with Gasteiger partial charge in [0.05, 0.1) is 13.2 Å². The standard InChI is InChI=1S/C61H112O10/c1-3-5-7-9-11-13-15-17-19-21-23-25-27-29-31-33-35-37-39-41-43-45-47-49-56(63)68-52-54(53-69-61-60(67)59(66)58(65)55(51-62)71-61)70-57(64)50-48-46-44-42-40-38-36-34-32-30-28-26-24-22-20-18-16-14-12-10-8-6-4-2/h33,35,41-44,54-55,58-62,65-67H,3-32,34,36-40,45-53H2,1-2H3/b35-33+,43-41+,44-42+/t54-,55-,58+,59?,60?,61-/m0/s1. The molecule has 416 valence electrons. The van der Waals surface area contributed by atoms with Crippen LogP contribution in [-0.2, 0) is 28.5 Å². The molecule has 0 bridgehead atoms. The van der Waals surface area contributed by atoms with Crippen LogP contribution in [0.15, 0.2) is 36.5 Å². The molecule has 0 aliphatic carbocycles. The van der Waals surface area contributed by atoms with Crippen LogP contribution in [0.25, 0.3) is 0 Å². The number of carbonyl (C=O) groups excluding carboxylic acids is 2. The quantitative estimate of drug-likeness (QED) is 0.0263. The lowest BCUT2D eigenvalue weighted by atomic mass is 9.99. The van der Waals surface area contributed by atoms with E-state index in [1.807, 2.05) is 0 Å². The Hall–Kier alpha value is -2.08. The number of rotatable bonds is 52. The summed E-state index contributed by atoms with van der Waals surface area (Å²) >= 11 is 0. The molecule has 71 heavy (non-hydrogen) atoms. The molecule has 1 saturated heterocycles. The van der Waals surface area contributed by atoms with Gasteiger partial charge < -0.3 is 39.4 Å². The van der Waals surface area contributed by atoms with Crippen molar-refractivity contribution in [1.29, 1.82) is 0 Å². The number of allylic oxidation sites excluding steroid dienone is 6. The Morgan fingerprint density at radius 1 is 0.423 bits per heavy atom. The lowest BCUT2D eigenvalue weighted by Crippen LogP contribution is -2.59. The largest absolute Gasteiger partial charge is 0.462 e. The van der Waals surface area contributed by atoms with Crippen molar-refractivity contribution in [2.75, 3.05) is 19.8 Å². The number of unbranched alkanes of at least 4 members (excludes halogenated alkanes) is 35. The maximum absolute atomic E-state index is 12.9. The first kappa shape index (κ1) is 66.9. The van der Waals surface area contributed by atoms with Crippen molar-refractivity contribution in [3.63, 3.8) is 0 Å². The number of hydrogen-bond donors (Lipinski definition) is 4. The van der Waals surface area contributed by atoms with E-state index in [1.54, 1.807) is 0 Å². The van der Waals surface area contributed by atoms with Crippen LogP contribution in [0, 0.1) is 0 Å². The molecule has 10 nitrogen and oxygen atoms in total. The van der Waals surface area contributed by atoms with E-state index in [1.165, 1.54) is 205 Å². The highest BCUT2D eigenvalue weighted by atomic mass is 16.7. The summed E-state index contributed by atoms with van der Waals surface area (Å²) in [4.78, 5) is 25.5. The average molecular weight is 1010 g/mol. The number of esters is 2. The molecular formula is C61H112O10. The van der Waals surface area contributed by atoms with Crippen molar-refractivity contribution in [2.24, 2.45) is 0 Å². The predicted octanol–water partition coefficient (Wildman–Crippen LogP) is 15.4. The Morgan fingerprint density at radius 3 is 1.14 bits per heavy atom. The molecule has 0 radical (unpaired) electrons. The molecular weight excluding hydrogens is 893 g/mol. The fraction of sp³-hybridized carbons (Fsp3) is 0.869. The van der Waals surface area contributed by atoms with Crippen molar-refractivity contribution in [3.05, 3.63) is 36.5 Å². The minimum absolute atomic E-state index is 0.176. The first-order chi connectivity index (χ1) is 34.8. The van der Waals surface area contributed by atoms with Crippen LogP contribution in [0.5, 0.6) is 0 Å². The molecule has 1 fully saturated rings. The van der Waals surface area contributed by atoms with E-state index in [0.29, 0.717) is 12.8 Å². The monoisotopic (exact) mass is 1000 g/mol. The second-order valence-electron chi connectivity index (χ2n) is 20.8. The predicted molar refractivity (Wildman–Crippen MR) is 293 cm³/mol. The minimum atomic E-state index is -1.61.